The second kappa shape index (κ2) is 4.64. The number of benzene rings is 1. The van der Waals surface area contributed by atoms with Gasteiger partial charge in [0.25, 0.3) is 0 Å². The molecule has 0 amide bonds. The number of fused-ring (bicyclic) bond motifs is 1. The zero-order valence-corrected chi connectivity index (χ0v) is 9.96. The molecule has 0 atom stereocenters. The van der Waals surface area contributed by atoms with Crippen molar-refractivity contribution < 1.29 is 4.39 Å². The largest absolute Gasteiger partial charge is 0.347 e. The maximum atomic E-state index is 13.5. The first-order chi connectivity index (χ1) is 8.84. The fourth-order valence-electron chi connectivity index (χ4n) is 2.22. The Hall–Kier alpha value is -2.10. The fraction of sp³-hybridized carbons (Fsp3) is 0.214. The van der Waals surface area contributed by atoms with E-state index in [9.17, 15) is 4.39 Å². The summed E-state index contributed by atoms with van der Waals surface area (Å²) in [4.78, 5) is 4.01. The maximum absolute atomic E-state index is 13.5. The first-order valence-corrected chi connectivity index (χ1v) is 6.04. The second-order valence-electron chi connectivity index (χ2n) is 4.34. The fourth-order valence-corrected chi connectivity index (χ4v) is 2.22. The van der Waals surface area contributed by atoms with Gasteiger partial charge in [-0.05, 0) is 24.6 Å². The molecular weight excluding hydrogens is 229 g/mol. The Kier molecular flexibility index (Phi) is 2.84. The average molecular weight is 243 g/mol. The van der Waals surface area contributed by atoms with Crippen LogP contribution >= 0.6 is 0 Å². The highest BCUT2D eigenvalue weighted by atomic mass is 19.1. The van der Waals surface area contributed by atoms with Crippen LogP contribution < -0.4 is 0 Å². The van der Waals surface area contributed by atoms with E-state index < -0.39 is 0 Å². The lowest BCUT2D eigenvalue weighted by Gasteiger charge is -2.06. The van der Waals surface area contributed by atoms with Gasteiger partial charge in [0.15, 0.2) is 0 Å². The molecule has 0 spiro atoms. The molecule has 18 heavy (non-hydrogen) atoms. The SMILES string of the molecule is Fc1cccc2c1ccn2CCCn1ccnc1. The summed E-state index contributed by atoms with van der Waals surface area (Å²) in [5, 5.41) is 0.695. The third-order valence-corrected chi connectivity index (χ3v) is 3.13. The summed E-state index contributed by atoms with van der Waals surface area (Å²) in [6.07, 6.45) is 8.49. The topological polar surface area (TPSA) is 22.8 Å². The molecular formula is C14H14FN3. The molecule has 3 nitrogen and oxygen atoms in total. The molecule has 0 aliphatic rings. The first-order valence-electron chi connectivity index (χ1n) is 6.04. The van der Waals surface area contributed by atoms with E-state index >= 15 is 0 Å². The van der Waals surface area contributed by atoms with Gasteiger partial charge in [-0.1, -0.05) is 6.07 Å². The molecule has 0 saturated heterocycles. The third-order valence-electron chi connectivity index (χ3n) is 3.13. The highest BCUT2D eigenvalue weighted by Crippen LogP contribution is 2.19. The van der Waals surface area contributed by atoms with E-state index in [-0.39, 0.29) is 5.82 Å². The summed E-state index contributed by atoms with van der Waals surface area (Å²) >= 11 is 0. The van der Waals surface area contributed by atoms with Gasteiger partial charge in [-0.2, -0.15) is 0 Å². The molecule has 92 valence electrons. The van der Waals surface area contributed by atoms with Crippen molar-refractivity contribution in [2.75, 3.05) is 0 Å². The minimum absolute atomic E-state index is 0.152. The molecule has 0 aliphatic carbocycles. The van der Waals surface area contributed by atoms with Gasteiger partial charge in [0.1, 0.15) is 5.82 Å². The lowest BCUT2D eigenvalue weighted by Crippen LogP contribution is -2.01. The van der Waals surface area contributed by atoms with Gasteiger partial charge >= 0.3 is 0 Å². The van der Waals surface area contributed by atoms with Crippen LogP contribution in [-0.2, 0) is 13.1 Å². The van der Waals surface area contributed by atoms with Gasteiger partial charge in [-0.25, -0.2) is 9.37 Å². The van der Waals surface area contributed by atoms with Gasteiger partial charge in [0.05, 0.1) is 11.8 Å². The summed E-state index contributed by atoms with van der Waals surface area (Å²) in [5.41, 5.74) is 0.959. The van der Waals surface area contributed by atoms with Gasteiger partial charge in [0.2, 0.25) is 0 Å². The van der Waals surface area contributed by atoms with Crippen molar-refractivity contribution in [3.8, 4) is 0 Å². The number of aryl methyl sites for hydroxylation is 2. The zero-order valence-electron chi connectivity index (χ0n) is 9.96. The smallest absolute Gasteiger partial charge is 0.132 e. The maximum Gasteiger partial charge on any atom is 0.132 e. The van der Waals surface area contributed by atoms with Crippen LogP contribution in [0.25, 0.3) is 10.9 Å². The van der Waals surface area contributed by atoms with Crippen LogP contribution in [-0.4, -0.2) is 14.1 Å². The van der Waals surface area contributed by atoms with Crippen molar-refractivity contribution in [1.82, 2.24) is 14.1 Å². The number of hydrogen-bond donors (Lipinski definition) is 0. The van der Waals surface area contributed by atoms with Gasteiger partial charge < -0.3 is 9.13 Å². The number of nitrogens with zero attached hydrogens (tertiary/aromatic N) is 3. The van der Waals surface area contributed by atoms with E-state index in [0.717, 1.165) is 25.0 Å². The Morgan fingerprint density at radius 1 is 1.11 bits per heavy atom. The molecule has 3 aromatic rings. The van der Waals surface area contributed by atoms with E-state index in [1.54, 1.807) is 12.3 Å². The number of imidazole rings is 1. The van der Waals surface area contributed by atoms with Crippen molar-refractivity contribution in [1.29, 1.82) is 0 Å². The summed E-state index contributed by atoms with van der Waals surface area (Å²) in [6, 6.07) is 7.04. The van der Waals surface area contributed by atoms with E-state index in [2.05, 4.69) is 9.55 Å². The van der Waals surface area contributed by atoms with Crippen LogP contribution in [0.1, 0.15) is 6.42 Å². The molecule has 3 rings (SSSR count). The van der Waals surface area contributed by atoms with Crippen molar-refractivity contribution in [2.24, 2.45) is 0 Å². The van der Waals surface area contributed by atoms with Crippen LogP contribution in [0.2, 0.25) is 0 Å². The first kappa shape index (κ1) is 11.0. The van der Waals surface area contributed by atoms with Crippen LogP contribution in [0.4, 0.5) is 4.39 Å². The number of hydrogen-bond acceptors (Lipinski definition) is 1. The van der Waals surface area contributed by atoms with Gasteiger partial charge in [0, 0.05) is 37.1 Å². The predicted molar refractivity (Wildman–Crippen MR) is 68.7 cm³/mol. The number of aromatic nitrogens is 3. The van der Waals surface area contributed by atoms with Crippen molar-refractivity contribution in [3.05, 3.63) is 55.0 Å². The van der Waals surface area contributed by atoms with Gasteiger partial charge in [-0.15, -0.1) is 0 Å². The number of halogens is 1. The van der Waals surface area contributed by atoms with Crippen LogP contribution in [0, 0.1) is 5.82 Å². The molecule has 2 aromatic heterocycles. The van der Waals surface area contributed by atoms with Gasteiger partial charge in [-0.3, -0.25) is 0 Å². The standard InChI is InChI=1S/C14H14FN3/c15-13-3-1-4-14-12(13)5-9-18(14)8-2-7-17-10-6-16-11-17/h1,3-6,9-11H,2,7-8H2. The molecule has 2 heterocycles. The molecule has 1 aromatic carbocycles. The number of rotatable bonds is 4. The van der Waals surface area contributed by atoms with E-state index in [1.807, 2.05) is 35.4 Å². The minimum atomic E-state index is -0.152. The van der Waals surface area contributed by atoms with E-state index in [1.165, 1.54) is 6.07 Å². The van der Waals surface area contributed by atoms with Crippen LogP contribution in [0.5, 0.6) is 0 Å². The molecule has 0 radical (unpaired) electrons. The lowest BCUT2D eigenvalue weighted by atomic mass is 10.2. The average Bonchev–Trinajstić information content (AvgIpc) is 3.00. The third kappa shape index (κ3) is 2.01. The second-order valence-corrected chi connectivity index (χ2v) is 4.34. The Balaban J connectivity index is 1.73. The highest BCUT2D eigenvalue weighted by molar-refractivity contribution is 5.80. The summed E-state index contributed by atoms with van der Waals surface area (Å²) < 4.78 is 17.7. The quantitative estimate of drug-likeness (QED) is 0.690. The monoisotopic (exact) mass is 243 g/mol. The van der Waals surface area contributed by atoms with E-state index in [4.69, 9.17) is 0 Å². The Morgan fingerprint density at radius 3 is 2.89 bits per heavy atom. The molecule has 4 heteroatoms. The van der Waals surface area contributed by atoms with Crippen LogP contribution in [0.15, 0.2) is 49.2 Å². The normalized spacial score (nSPS) is 11.2. The Labute approximate surface area is 104 Å². The molecule has 0 fully saturated rings. The Morgan fingerprint density at radius 2 is 2.06 bits per heavy atom. The predicted octanol–water partition coefficient (Wildman–Crippen LogP) is 3.07. The Bertz CT molecular complexity index is 640. The molecule has 0 N–H and O–H groups in total. The summed E-state index contributed by atoms with van der Waals surface area (Å²) in [6.45, 7) is 1.81. The zero-order chi connectivity index (χ0) is 12.4. The van der Waals surface area contributed by atoms with Crippen molar-refractivity contribution in [2.45, 2.75) is 19.5 Å². The molecule has 0 aliphatic heterocycles. The van der Waals surface area contributed by atoms with Crippen LogP contribution in [0.3, 0.4) is 0 Å². The minimum Gasteiger partial charge on any atom is -0.347 e. The summed E-state index contributed by atoms with van der Waals surface area (Å²) in [5.74, 6) is -0.152. The highest BCUT2D eigenvalue weighted by Gasteiger charge is 2.04. The summed E-state index contributed by atoms with van der Waals surface area (Å²) in [7, 11) is 0. The van der Waals surface area contributed by atoms with E-state index in [0.29, 0.717) is 5.39 Å². The molecule has 0 saturated carbocycles. The molecule has 0 unspecified atom stereocenters. The molecule has 0 bridgehead atoms. The lowest BCUT2D eigenvalue weighted by molar-refractivity contribution is 0.573. The van der Waals surface area contributed by atoms with Crippen molar-refractivity contribution >= 4 is 10.9 Å². The van der Waals surface area contributed by atoms with Crippen molar-refractivity contribution in [3.63, 3.8) is 0 Å².